The third-order valence-electron chi connectivity index (χ3n) is 6.37. The number of nitrogens with zero attached hydrogens (tertiary/aromatic N) is 2. The normalized spacial score (nSPS) is 19.7. The van der Waals surface area contributed by atoms with Gasteiger partial charge in [0.2, 0.25) is 0 Å². The smallest absolute Gasteiger partial charge is 0.374 e. The number of para-hydroxylation sites is 1. The molecule has 2 aliphatic rings. The lowest BCUT2D eigenvalue weighted by Crippen LogP contribution is -2.43. The molecule has 5 rings (SSSR count). The molecule has 0 fully saturated rings. The van der Waals surface area contributed by atoms with Gasteiger partial charge in [-0.3, -0.25) is 4.79 Å². The number of anilines is 1. The van der Waals surface area contributed by atoms with E-state index in [-0.39, 0.29) is 27.2 Å². The summed E-state index contributed by atoms with van der Waals surface area (Å²) >= 11 is 12.0. The third kappa shape index (κ3) is 4.17. The van der Waals surface area contributed by atoms with Crippen molar-refractivity contribution >= 4 is 40.5 Å². The van der Waals surface area contributed by atoms with E-state index in [1.807, 2.05) is 24.3 Å². The van der Waals surface area contributed by atoms with E-state index in [1.54, 1.807) is 29.2 Å². The van der Waals surface area contributed by atoms with Crippen LogP contribution in [-0.4, -0.2) is 24.3 Å². The number of aryl methyl sites for hydroxylation is 1. The Hall–Kier alpha value is -3.03. The Balaban J connectivity index is 1.40. The zero-order valence-electron chi connectivity index (χ0n) is 18.3. The quantitative estimate of drug-likeness (QED) is 0.368. The Kier molecular flexibility index (Phi) is 6.01. The molecule has 0 radical (unpaired) electrons. The van der Waals surface area contributed by atoms with Gasteiger partial charge < -0.3 is 9.74 Å². The highest BCUT2D eigenvalue weighted by Gasteiger charge is 2.63. The summed E-state index contributed by atoms with van der Waals surface area (Å²) in [5, 5.41) is 3.83. The highest BCUT2D eigenvalue weighted by atomic mass is 35.5. The summed E-state index contributed by atoms with van der Waals surface area (Å²) in [7, 11) is 0. The van der Waals surface area contributed by atoms with Crippen LogP contribution in [-0.2, 0) is 16.9 Å². The van der Waals surface area contributed by atoms with Crippen LogP contribution in [0, 0.1) is 0 Å². The lowest BCUT2D eigenvalue weighted by atomic mass is 9.86. The van der Waals surface area contributed by atoms with Crippen molar-refractivity contribution in [2.24, 2.45) is 5.16 Å². The van der Waals surface area contributed by atoms with Gasteiger partial charge in [0.25, 0.3) is 11.5 Å². The average molecular weight is 519 g/mol. The van der Waals surface area contributed by atoms with Crippen LogP contribution >= 0.6 is 23.2 Å². The molecule has 0 spiro atoms. The summed E-state index contributed by atoms with van der Waals surface area (Å²) in [4.78, 5) is 20.0. The molecule has 0 saturated heterocycles. The number of alkyl halides is 3. The molecule has 1 amide bonds. The van der Waals surface area contributed by atoms with Gasteiger partial charge >= 0.3 is 6.18 Å². The molecule has 3 aromatic rings. The maximum absolute atomic E-state index is 14.2. The van der Waals surface area contributed by atoms with E-state index in [1.165, 1.54) is 18.2 Å². The second-order valence-corrected chi connectivity index (χ2v) is 9.37. The van der Waals surface area contributed by atoms with Gasteiger partial charge in [-0.1, -0.05) is 64.8 Å². The first-order valence-corrected chi connectivity index (χ1v) is 11.7. The third-order valence-corrected chi connectivity index (χ3v) is 6.92. The zero-order valence-corrected chi connectivity index (χ0v) is 19.8. The Morgan fingerprint density at radius 3 is 2.49 bits per heavy atom. The molecule has 2 heterocycles. The van der Waals surface area contributed by atoms with Crippen molar-refractivity contribution in [1.82, 2.24) is 0 Å². The second-order valence-electron chi connectivity index (χ2n) is 8.52. The van der Waals surface area contributed by atoms with E-state index in [0.717, 1.165) is 24.1 Å². The number of halogens is 5. The van der Waals surface area contributed by atoms with Crippen molar-refractivity contribution in [2.75, 3.05) is 11.4 Å². The molecule has 0 bridgehead atoms. The predicted octanol–water partition coefficient (Wildman–Crippen LogP) is 7.17. The Labute approximate surface area is 209 Å². The van der Waals surface area contributed by atoms with E-state index >= 15 is 0 Å². The molecule has 2 aliphatic heterocycles. The first kappa shape index (κ1) is 23.7. The van der Waals surface area contributed by atoms with Crippen molar-refractivity contribution in [3.8, 4) is 0 Å². The molecule has 35 heavy (non-hydrogen) atoms. The number of carbonyl (C=O) groups is 1. The van der Waals surface area contributed by atoms with Crippen LogP contribution in [0.25, 0.3) is 0 Å². The van der Waals surface area contributed by atoms with Crippen molar-refractivity contribution < 1.29 is 22.8 Å². The largest absolute Gasteiger partial charge is 0.435 e. The standard InChI is InChI=1S/C26H19Cl2F3N2O2/c27-19-11-12-20(21(28)14-19)25(26(29,30)31)15-22(32-35-25)16-7-9-18(10-8-16)24(34)33-13-3-5-17-4-1-2-6-23(17)33/h1-2,4,6-12,14H,3,5,13,15H2. The number of amides is 1. The van der Waals surface area contributed by atoms with Gasteiger partial charge in [0.05, 0.1) is 12.1 Å². The van der Waals surface area contributed by atoms with Gasteiger partial charge in [-0.05, 0) is 54.3 Å². The number of hydrogen-bond acceptors (Lipinski definition) is 3. The molecule has 1 atom stereocenters. The summed E-state index contributed by atoms with van der Waals surface area (Å²) in [6.07, 6.45) is -3.57. The number of hydrogen-bond donors (Lipinski definition) is 0. The van der Waals surface area contributed by atoms with E-state index in [2.05, 4.69) is 5.16 Å². The second kappa shape index (κ2) is 8.88. The minimum Gasteiger partial charge on any atom is -0.374 e. The minimum atomic E-state index is -4.78. The number of fused-ring (bicyclic) bond motifs is 1. The maximum atomic E-state index is 14.2. The molecule has 1 unspecified atom stereocenters. The summed E-state index contributed by atoms with van der Waals surface area (Å²) in [5.41, 5.74) is -0.0110. The van der Waals surface area contributed by atoms with E-state index in [4.69, 9.17) is 28.0 Å². The molecule has 4 nitrogen and oxygen atoms in total. The van der Waals surface area contributed by atoms with Crippen molar-refractivity contribution in [1.29, 1.82) is 0 Å². The Bertz CT molecular complexity index is 1320. The van der Waals surface area contributed by atoms with Crippen molar-refractivity contribution in [2.45, 2.75) is 31.0 Å². The van der Waals surface area contributed by atoms with Gasteiger partial charge in [-0.15, -0.1) is 0 Å². The van der Waals surface area contributed by atoms with Crippen LogP contribution in [0.3, 0.4) is 0 Å². The number of carbonyl (C=O) groups excluding carboxylic acids is 1. The van der Waals surface area contributed by atoms with Crippen molar-refractivity contribution in [3.05, 3.63) is 99.0 Å². The molecule has 0 N–H and O–H groups in total. The molecule has 3 aromatic carbocycles. The predicted molar refractivity (Wildman–Crippen MR) is 129 cm³/mol. The van der Waals surface area contributed by atoms with Gasteiger partial charge in [0.1, 0.15) is 0 Å². The fraction of sp³-hybridized carbons (Fsp3) is 0.231. The van der Waals surface area contributed by atoms with E-state index in [9.17, 15) is 18.0 Å². The van der Waals surface area contributed by atoms with Gasteiger partial charge in [0.15, 0.2) is 0 Å². The highest BCUT2D eigenvalue weighted by Crippen LogP contribution is 2.51. The molecule has 0 saturated carbocycles. The van der Waals surface area contributed by atoms with E-state index < -0.39 is 18.2 Å². The fourth-order valence-electron chi connectivity index (χ4n) is 4.56. The van der Waals surface area contributed by atoms with Crippen LogP contribution < -0.4 is 4.90 Å². The topological polar surface area (TPSA) is 41.9 Å². The molecule has 0 aromatic heterocycles. The molecular formula is C26H19Cl2F3N2O2. The van der Waals surface area contributed by atoms with Crippen LogP contribution in [0.15, 0.2) is 71.9 Å². The summed E-state index contributed by atoms with van der Waals surface area (Å²) in [6, 6.07) is 17.9. The Morgan fingerprint density at radius 2 is 1.77 bits per heavy atom. The van der Waals surface area contributed by atoms with Gasteiger partial charge in [-0.25, -0.2) is 0 Å². The monoisotopic (exact) mass is 518 g/mol. The molecule has 180 valence electrons. The maximum Gasteiger partial charge on any atom is 0.435 e. The summed E-state index contributed by atoms with van der Waals surface area (Å²) < 4.78 is 42.7. The van der Waals surface area contributed by atoms with Crippen LogP contribution in [0.2, 0.25) is 10.0 Å². The molecule has 9 heteroatoms. The first-order chi connectivity index (χ1) is 16.7. The number of benzene rings is 3. The lowest BCUT2D eigenvalue weighted by molar-refractivity contribution is -0.275. The van der Waals surface area contributed by atoms with Gasteiger partial charge in [0, 0.05) is 33.4 Å². The SMILES string of the molecule is O=C(c1ccc(C2=NOC(c3ccc(Cl)cc3Cl)(C(F)(F)F)C2)cc1)N1CCCc2ccccc21. The van der Waals surface area contributed by atoms with Gasteiger partial charge in [-0.2, -0.15) is 13.2 Å². The highest BCUT2D eigenvalue weighted by molar-refractivity contribution is 6.35. The summed E-state index contributed by atoms with van der Waals surface area (Å²) in [5.74, 6) is -0.161. The minimum absolute atomic E-state index is 0.107. The molecular weight excluding hydrogens is 500 g/mol. The summed E-state index contributed by atoms with van der Waals surface area (Å²) in [6.45, 7) is 0.605. The molecule has 0 aliphatic carbocycles. The zero-order chi connectivity index (χ0) is 24.8. The van der Waals surface area contributed by atoms with Crippen LogP contribution in [0.5, 0.6) is 0 Å². The number of oxime groups is 1. The van der Waals surface area contributed by atoms with E-state index in [0.29, 0.717) is 17.7 Å². The fourth-order valence-corrected chi connectivity index (χ4v) is 5.12. The van der Waals surface area contributed by atoms with Crippen LogP contribution in [0.1, 0.15) is 39.9 Å². The lowest BCUT2D eigenvalue weighted by Gasteiger charge is -2.30. The Morgan fingerprint density at radius 1 is 1.03 bits per heavy atom. The number of rotatable bonds is 3. The van der Waals surface area contributed by atoms with Crippen LogP contribution in [0.4, 0.5) is 18.9 Å². The first-order valence-electron chi connectivity index (χ1n) is 11.0. The van der Waals surface area contributed by atoms with Crippen molar-refractivity contribution in [3.63, 3.8) is 0 Å². The average Bonchev–Trinajstić information content (AvgIpc) is 3.30.